The van der Waals surface area contributed by atoms with E-state index in [0.29, 0.717) is 30.1 Å². The van der Waals surface area contributed by atoms with E-state index in [1.165, 1.54) is 0 Å². The zero-order chi connectivity index (χ0) is 17.9. The van der Waals surface area contributed by atoms with Gasteiger partial charge in [0, 0.05) is 31.4 Å². The van der Waals surface area contributed by atoms with Crippen molar-refractivity contribution in [3.8, 4) is 5.75 Å². The van der Waals surface area contributed by atoms with Crippen LogP contribution in [0.25, 0.3) is 11.2 Å². The Balaban J connectivity index is 1.58. The number of hydrogen-bond acceptors (Lipinski definition) is 5. The monoisotopic (exact) mass is 351 g/mol. The number of amides is 1. The second-order valence-electron chi connectivity index (χ2n) is 6.39. The molecule has 26 heavy (non-hydrogen) atoms. The molecule has 2 aromatic heterocycles. The summed E-state index contributed by atoms with van der Waals surface area (Å²) in [6, 6.07) is 7.43. The first-order chi connectivity index (χ1) is 12.8. The highest BCUT2D eigenvalue weighted by atomic mass is 16.5. The van der Waals surface area contributed by atoms with Gasteiger partial charge in [0.1, 0.15) is 11.3 Å². The molecule has 0 bridgehead atoms. The number of H-pyrrole nitrogens is 1. The van der Waals surface area contributed by atoms with E-state index in [0.717, 1.165) is 30.6 Å². The van der Waals surface area contributed by atoms with Crippen molar-refractivity contribution in [2.75, 3.05) is 19.7 Å². The number of carbonyl (C=O) groups is 1. The molecule has 1 amide bonds. The molecule has 4 rings (SSSR count). The molecule has 3 aromatic rings. The van der Waals surface area contributed by atoms with Gasteiger partial charge in [0.05, 0.1) is 17.9 Å². The van der Waals surface area contributed by atoms with E-state index in [1.54, 1.807) is 12.4 Å². The number of nitrogens with one attached hydrogen (secondary N) is 1. The summed E-state index contributed by atoms with van der Waals surface area (Å²) >= 11 is 0. The summed E-state index contributed by atoms with van der Waals surface area (Å²) in [5.74, 6) is 0.822. The van der Waals surface area contributed by atoms with Gasteiger partial charge in [0.2, 0.25) is 0 Å². The smallest absolute Gasteiger partial charge is 0.257 e. The third-order valence-electron chi connectivity index (χ3n) is 4.75. The maximum Gasteiger partial charge on any atom is 0.257 e. The third kappa shape index (κ3) is 3.00. The zero-order valence-corrected chi connectivity index (χ0v) is 14.7. The number of hydrogen-bond donors (Lipinski definition) is 1. The van der Waals surface area contributed by atoms with Crippen molar-refractivity contribution in [1.82, 2.24) is 25.1 Å². The van der Waals surface area contributed by atoms with Crippen LogP contribution in [0.2, 0.25) is 0 Å². The summed E-state index contributed by atoms with van der Waals surface area (Å²) in [5, 5.41) is 7.32. The summed E-state index contributed by atoms with van der Waals surface area (Å²) in [6.07, 6.45) is 5.23. The topological polar surface area (TPSA) is 84.0 Å². The van der Waals surface area contributed by atoms with Gasteiger partial charge in [0.25, 0.3) is 5.91 Å². The molecule has 0 radical (unpaired) electrons. The number of benzene rings is 1. The van der Waals surface area contributed by atoms with Crippen LogP contribution in [-0.4, -0.2) is 50.7 Å². The maximum absolute atomic E-state index is 13.1. The van der Waals surface area contributed by atoms with Crippen LogP contribution in [0.4, 0.5) is 0 Å². The van der Waals surface area contributed by atoms with E-state index < -0.39 is 0 Å². The molecule has 1 aliphatic heterocycles. The average Bonchev–Trinajstić information content (AvgIpc) is 3.12. The number of piperidine rings is 1. The average molecular weight is 351 g/mol. The first-order valence-corrected chi connectivity index (χ1v) is 8.94. The molecule has 1 atom stereocenters. The first-order valence-electron chi connectivity index (χ1n) is 8.94. The minimum Gasteiger partial charge on any atom is -0.493 e. The molecule has 1 aliphatic rings. The Morgan fingerprint density at radius 2 is 2.15 bits per heavy atom. The third-order valence-corrected chi connectivity index (χ3v) is 4.75. The second-order valence-corrected chi connectivity index (χ2v) is 6.39. The summed E-state index contributed by atoms with van der Waals surface area (Å²) in [4.78, 5) is 23.6. The molecule has 7 heteroatoms. The van der Waals surface area contributed by atoms with Crippen molar-refractivity contribution < 1.29 is 9.53 Å². The van der Waals surface area contributed by atoms with E-state index in [2.05, 4.69) is 20.2 Å². The summed E-state index contributed by atoms with van der Waals surface area (Å²) in [6.45, 7) is 3.83. The number of nitrogens with zero attached hydrogens (tertiary/aromatic N) is 4. The number of rotatable bonds is 4. The molecule has 0 spiro atoms. The SMILES string of the molecule is CCOc1ccccc1C(=O)N1CCC[C@@H](c2[nH]nc3nccnc23)C1. The predicted octanol–water partition coefficient (Wildman–Crippen LogP) is 2.77. The van der Waals surface area contributed by atoms with Crippen LogP contribution in [0, 0.1) is 0 Å². The Kier molecular flexibility index (Phi) is 4.51. The first kappa shape index (κ1) is 16.5. The van der Waals surface area contributed by atoms with Crippen LogP contribution in [0.5, 0.6) is 5.75 Å². The number of aromatic nitrogens is 4. The standard InChI is InChI=1S/C19H21N5O2/c1-2-26-15-8-4-3-7-14(15)19(25)24-11-5-6-13(12-24)16-17-18(23-22-16)21-10-9-20-17/h3-4,7-10,13H,2,5-6,11-12H2,1H3,(H,21,22,23)/t13-/m1/s1. The van der Waals surface area contributed by atoms with Crippen LogP contribution >= 0.6 is 0 Å². The lowest BCUT2D eigenvalue weighted by atomic mass is 9.93. The fourth-order valence-electron chi connectivity index (χ4n) is 3.55. The van der Waals surface area contributed by atoms with Crippen molar-refractivity contribution in [2.24, 2.45) is 0 Å². The minimum absolute atomic E-state index is 0.00801. The van der Waals surface area contributed by atoms with Gasteiger partial charge in [-0.3, -0.25) is 9.89 Å². The van der Waals surface area contributed by atoms with E-state index in [1.807, 2.05) is 36.1 Å². The minimum atomic E-state index is 0.00801. The molecule has 7 nitrogen and oxygen atoms in total. The largest absolute Gasteiger partial charge is 0.493 e. The molecular formula is C19H21N5O2. The highest BCUT2D eigenvalue weighted by molar-refractivity contribution is 5.97. The summed E-state index contributed by atoms with van der Waals surface area (Å²) in [5.41, 5.74) is 2.99. The van der Waals surface area contributed by atoms with Gasteiger partial charge in [-0.05, 0) is 31.9 Å². The molecule has 0 unspecified atom stereocenters. The van der Waals surface area contributed by atoms with Crippen molar-refractivity contribution in [1.29, 1.82) is 0 Å². The fourth-order valence-corrected chi connectivity index (χ4v) is 3.55. The molecule has 1 saturated heterocycles. The Bertz CT molecular complexity index is 923. The van der Waals surface area contributed by atoms with Gasteiger partial charge in [-0.25, -0.2) is 9.97 Å². The molecule has 3 heterocycles. The Morgan fingerprint density at radius 3 is 3.04 bits per heavy atom. The van der Waals surface area contributed by atoms with Gasteiger partial charge in [0.15, 0.2) is 5.65 Å². The van der Waals surface area contributed by atoms with Crippen LogP contribution in [0.1, 0.15) is 41.7 Å². The molecule has 1 aromatic carbocycles. The van der Waals surface area contributed by atoms with Crippen molar-refractivity contribution in [2.45, 2.75) is 25.7 Å². The molecule has 134 valence electrons. The van der Waals surface area contributed by atoms with Gasteiger partial charge < -0.3 is 9.64 Å². The van der Waals surface area contributed by atoms with Gasteiger partial charge in [-0.1, -0.05) is 12.1 Å². The molecule has 0 saturated carbocycles. The van der Waals surface area contributed by atoms with Crippen molar-refractivity contribution in [3.63, 3.8) is 0 Å². The zero-order valence-electron chi connectivity index (χ0n) is 14.7. The van der Waals surface area contributed by atoms with E-state index in [9.17, 15) is 4.79 Å². The molecule has 0 aliphatic carbocycles. The number of carbonyl (C=O) groups excluding carboxylic acids is 1. The Morgan fingerprint density at radius 1 is 1.31 bits per heavy atom. The normalized spacial score (nSPS) is 17.4. The quantitative estimate of drug-likeness (QED) is 0.781. The van der Waals surface area contributed by atoms with E-state index >= 15 is 0 Å². The van der Waals surface area contributed by atoms with Crippen LogP contribution in [0.3, 0.4) is 0 Å². The Hall–Kier alpha value is -2.96. The van der Waals surface area contributed by atoms with E-state index in [4.69, 9.17) is 4.74 Å². The lowest BCUT2D eigenvalue weighted by molar-refractivity contribution is 0.0702. The lowest BCUT2D eigenvalue weighted by Crippen LogP contribution is -2.39. The predicted molar refractivity (Wildman–Crippen MR) is 97.2 cm³/mol. The number of aromatic amines is 1. The maximum atomic E-state index is 13.1. The molecule has 1 fully saturated rings. The van der Waals surface area contributed by atoms with Gasteiger partial charge in [-0.2, -0.15) is 5.10 Å². The van der Waals surface area contributed by atoms with Gasteiger partial charge >= 0.3 is 0 Å². The molecular weight excluding hydrogens is 330 g/mol. The Labute approximate surface area is 151 Å². The number of fused-ring (bicyclic) bond motifs is 1. The number of likely N-dealkylation sites (tertiary alicyclic amines) is 1. The van der Waals surface area contributed by atoms with Crippen LogP contribution < -0.4 is 4.74 Å². The number of para-hydroxylation sites is 1. The lowest BCUT2D eigenvalue weighted by Gasteiger charge is -2.32. The highest BCUT2D eigenvalue weighted by Crippen LogP contribution is 2.30. The second kappa shape index (κ2) is 7.11. The van der Waals surface area contributed by atoms with Crippen molar-refractivity contribution in [3.05, 3.63) is 47.9 Å². The van der Waals surface area contributed by atoms with Crippen LogP contribution in [-0.2, 0) is 0 Å². The van der Waals surface area contributed by atoms with Crippen LogP contribution in [0.15, 0.2) is 36.7 Å². The highest BCUT2D eigenvalue weighted by Gasteiger charge is 2.29. The van der Waals surface area contributed by atoms with E-state index in [-0.39, 0.29) is 11.8 Å². The van der Waals surface area contributed by atoms with Gasteiger partial charge in [-0.15, -0.1) is 0 Å². The summed E-state index contributed by atoms with van der Waals surface area (Å²) < 4.78 is 5.62. The fraction of sp³-hybridized carbons (Fsp3) is 0.368. The summed E-state index contributed by atoms with van der Waals surface area (Å²) in [7, 11) is 0. The van der Waals surface area contributed by atoms with Crippen molar-refractivity contribution >= 4 is 17.1 Å². The number of ether oxygens (including phenoxy) is 1. The molecule has 1 N–H and O–H groups in total.